The molecule has 0 aliphatic carbocycles. The maximum absolute atomic E-state index is 6.20. The Morgan fingerprint density at radius 1 is 1.25 bits per heavy atom. The van der Waals surface area contributed by atoms with Gasteiger partial charge in [-0.05, 0) is 46.5 Å². The van der Waals surface area contributed by atoms with Crippen LogP contribution in [0.3, 0.4) is 0 Å². The van der Waals surface area contributed by atoms with Gasteiger partial charge in [0.1, 0.15) is 10.9 Å². The molecule has 1 heterocycles. The van der Waals surface area contributed by atoms with Gasteiger partial charge in [0.25, 0.3) is 0 Å². The molecule has 0 radical (unpaired) electrons. The number of benzene rings is 1. The lowest BCUT2D eigenvalue weighted by Gasteiger charge is -2.13. The molecule has 0 amide bonds. The number of rotatable bonds is 3. The summed E-state index contributed by atoms with van der Waals surface area (Å²) in [4.78, 5) is 8.97. The number of hydrogen-bond acceptors (Lipinski definition) is 3. The van der Waals surface area contributed by atoms with Crippen LogP contribution in [-0.2, 0) is 0 Å². The average Bonchev–Trinajstić information content (AvgIpc) is 2.41. The van der Waals surface area contributed by atoms with Gasteiger partial charge in [-0.1, -0.05) is 31.5 Å². The predicted octanol–water partition coefficient (Wildman–Crippen LogP) is 5.00. The largest absolute Gasteiger partial charge is 0.496 e. The zero-order valence-corrected chi connectivity index (χ0v) is 14.2. The Kier molecular flexibility index (Phi) is 4.66. The van der Waals surface area contributed by atoms with E-state index in [9.17, 15) is 0 Å². The van der Waals surface area contributed by atoms with Crippen molar-refractivity contribution in [2.45, 2.75) is 26.7 Å². The summed E-state index contributed by atoms with van der Waals surface area (Å²) in [6, 6.07) is 5.92. The highest BCUT2D eigenvalue weighted by molar-refractivity contribution is 9.10. The summed E-state index contributed by atoms with van der Waals surface area (Å²) in [6.07, 6.45) is 0. The van der Waals surface area contributed by atoms with E-state index in [-0.39, 0.29) is 5.92 Å². The van der Waals surface area contributed by atoms with Crippen molar-refractivity contribution in [3.63, 3.8) is 0 Å². The van der Waals surface area contributed by atoms with Crippen molar-refractivity contribution in [1.82, 2.24) is 9.97 Å². The molecule has 1 aromatic heterocycles. The Morgan fingerprint density at radius 3 is 2.55 bits per heavy atom. The SMILES string of the molecule is COc1cc(C)ccc1-c1nc(Cl)c(Br)c(C(C)C)n1. The molecule has 0 aliphatic heterocycles. The number of methoxy groups -OCH3 is 1. The minimum absolute atomic E-state index is 0.250. The number of ether oxygens (including phenoxy) is 1. The summed E-state index contributed by atoms with van der Waals surface area (Å²) in [6.45, 7) is 6.15. The molecular weight excluding hydrogens is 340 g/mol. The van der Waals surface area contributed by atoms with Gasteiger partial charge in [-0.15, -0.1) is 0 Å². The van der Waals surface area contributed by atoms with E-state index in [0.717, 1.165) is 27.0 Å². The maximum atomic E-state index is 6.20. The maximum Gasteiger partial charge on any atom is 0.164 e. The first-order valence-electron chi connectivity index (χ1n) is 6.32. The van der Waals surface area contributed by atoms with Gasteiger partial charge >= 0.3 is 0 Å². The van der Waals surface area contributed by atoms with Crippen LogP contribution in [0, 0.1) is 6.92 Å². The lowest BCUT2D eigenvalue weighted by molar-refractivity contribution is 0.416. The molecule has 3 nitrogen and oxygen atoms in total. The van der Waals surface area contributed by atoms with E-state index in [1.807, 2.05) is 25.1 Å². The van der Waals surface area contributed by atoms with Crippen LogP contribution in [0.1, 0.15) is 31.0 Å². The highest BCUT2D eigenvalue weighted by atomic mass is 79.9. The zero-order valence-electron chi connectivity index (χ0n) is 11.9. The number of halogens is 2. The highest BCUT2D eigenvalue weighted by Gasteiger charge is 2.17. The lowest BCUT2D eigenvalue weighted by Crippen LogP contribution is -2.01. The molecule has 0 N–H and O–H groups in total. The monoisotopic (exact) mass is 354 g/mol. The van der Waals surface area contributed by atoms with Crippen LogP contribution in [-0.4, -0.2) is 17.1 Å². The summed E-state index contributed by atoms with van der Waals surface area (Å²) in [5.41, 5.74) is 2.86. The molecule has 0 atom stereocenters. The van der Waals surface area contributed by atoms with Crippen molar-refractivity contribution in [3.05, 3.63) is 39.1 Å². The van der Waals surface area contributed by atoms with Crippen LogP contribution in [0.5, 0.6) is 5.75 Å². The van der Waals surface area contributed by atoms with Gasteiger partial charge < -0.3 is 4.74 Å². The first-order chi connectivity index (χ1) is 9.43. The summed E-state index contributed by atoms with van der Waals surface area (Å²) in [5.74, 6) is 1.58. The van der Waals surface area contributed by atoms with E-state index in [0.29, 0.717) is 11.0 Å². The Hall–Kier alpha value is -1.13. The molecule has 2 rings (SSSR count). The molecule has 1 aromatic carbocycles. The molecule has 2 aromatic rings. The second kappa shape index (κ2) is 6.10. The van der Waals surface area contributed by atoms with E-state index >= 15 is 0 Å². The van der Waals surface area contributed by atoms with Crippen molar-refractivity contribution in [2.24, 2.45) is 0 Å². The second-order valence-electron chi connectivity index (χ2n) is 4.90. The van der Waals surface area contributed by atoms with Crippen LogP contribution in [0.15, 0.2) is 22.7 Å². The minimum Gasteiger partial charge on any atom is -0.496 e. The smallest absolute Gasteiger partial charge is 0.164 e. The van der Waals surface area contributed by atoms with Crippen LogP contribution < -0.4 is 4.74 Å². The van der Waals surface area contributed by atoms with Gasteiger partial charge in [0.2, 0.25) is 0 Å². The number of aromatic nitrogens is 2. The minimum atomic E-state index is 0.250. The van der Waals surface area contributed by atoms with E-state index in [4.69, 9.17) is 16.3 Å². The van der Waals surface area contributed by atoms with Crippen LogP contribution in [0.2, 0.25) is 5.15 Å². The van der Waals surface area contributed by atoms with Crippen molar-refractivity contribution in [2.75, 3.05) is 7.11 Å². The molecule has 20 heavy (non-hydrogen) atoms. The third kappa shape index (κ3) is 2.96. The molecule has 0 saturated carbocycles. The summed E-state index contributed by atoms with van der Waals surface area (Å²) < 4.78 is 6.17. The fraction of sp³-hybridized carbons (Fsp3) is 0.333. The quantitative estimate of drug-likeness (QED) is 0.727. The fourth-order valence-corrected chi connectivity index (χ4v) is 2.73. The Bertz CT molecular complexity index is 644. The number of nitrogens with zero attached hydrogens (tertiary/aromatic N) is 2. The summed E-state index contributed by atoms with van der Waals surface area (Å²) >= 11 is 9.65. The number of aryl methyl sites for hydroxylation is 1. The molecule has 5 heteroatoms. The Labute approximate surface area is 132 Å². The molecule has 106 valence electrons. The van der Waals surface area contributed by atoms with Gasteiger partial charge in [-0.3, -0.25) is 0 Å². The second-order valence-corrected chi connectivity index (χ2v) is 6.05. The number of hydrogen-bond donors (Lipinski definition) is 0. The molecule has 0 unspecified atom stereocenters. The van der Waals surface area contributed by atoms with Gasteiger partial charge in [0, 0.05) is 0 Å². The van der Waals surface area contributed by atoms with E-state index < -0.39 is 0 Å². The molecule has 0 spiro atoms. The third-order valence-electron chi connectivity index (χ3n) is 2.98. The van der Waals surface area contributed by atoms with E-state index in [2.05, 4.69) is 39.7 Å². The van der Waals surface area contributed by atoms with Gasteiger partial charge in [-0.25, -0.2) is 9.97 Å². The van der Waals surface area contributed by atoms with Crippen molar-refractivity contribution in [1.29, 1.82) is 0 Å². The fourth-order valence-electron chi connectivity index (χ4n) is 1.92. The molecule has 0 saturated heterocycles. The Balaban J connectivity index is 2.64. The van der Waals surface area contributed by atoms with Crippen LogP contribution in [0.4, 0.5) is 0 Å². The first-order valence-corrected chi connectivity index (χ1v) is 7.49. The standard InChI is InChI=1S/C15H16BrClN2O/c1-8(2)13-12(16)14(17)19-15(18-13)10-6-5-9(3)7-11(10)20-4/h5-8H,1-4H3. The molecule has 0 fully saturated rings. The average molecular weight is 356 g/mol. The lowest BCUT2D eigenvalue weighted by atomic mass is 10.1. The van der Waals surface area contributed by atoms with Gasteiger partial charge in [0.05, 0.1) is 22.8 Å². The zero-order chi connectivity index (χ0) is 14.9. The molecular formula is C15H16BrClN2O. The van der Waals surface area contributed by atoms with E-state index in [1.54, 1.807) is 7.11 Å². The topological polar surface area (TPSA) is 35.0 Å². The highest BCUT2D eigenvalue weighted by Crippen LogP contribution is 2.34. The van der Waals surface area contributed by atoms with Crippen LogP contribution >= 0.6 is 27.5 Å². The predicted molar refractivity (Wildman–Crippen MR) is 85.6 cm³/mol. The van der Waals surface area contributed by atoms with Crippen LogP contribution in [0.25, 0.3) is 11.4 Å². The summed E-state index contributed by atoms with van der Waals surface area (Å²) in [7, 11) is 1.64. The van der Waals surface area contributed by atoms with Crippen molar-refractivity contribution in [3.8, 4) is 17.1 Å². The first kappa shape index (κ1) is 15.3. The third-order valence-corrected chi connectivity index (χ3v) is 4.26. The Morgan fingerprint density at radius 2 is 1.95 bits per heavy atom. The summed E-state index contributed by atoms with van der Waals surface area (Å²) in [5, 5.41) is 0.418. The van der Waals surface area contributed by atoms with E-state index in [1.165, 1.54) is 0 Å². The molecule has 0 bridgehead atoms. The normalized spacial score (nSPS) is 10.9. The van der Waals surface area contributed by atoms with Gasteiger partial charge in [-0.2, -0.15) is 0 Å². The van der Waals surface area contributed by atoms with Crippen molar-refractivity contribution >= 4 is 27.5 Å². The molecule has 0 aliphatic rings. The van der Waals surface area contributed by atoms with Gasteiger partial charge in [0.15, 0.2) is 5.82 Å². The van der Waals surface area contributed by atoms with Crippen molar-refractivity contribution < 1.29 is 4.74 Å².